The van der Waals surface area contributed by atoms with Crippen molar-refractivity contribution in [3.63, 3.8) is 0 Å². The van der Waals surface area contributed by atoms with Crippen molar-refractivity contribution >= 4 is 39.7 Å². The molecular formula is C24H19Cl2NO. The smallest absolute Gasteiger partial charge is 0.138 e. The first-order valence-corrected chi connectivity index (χ1v) is 9.82. The highest BCUT2D eigenvalue weighted by Gasteiger charge is 2.06. The molecule has 4 aromatic carbocycles. The zero-order valence-electron chi connectivity index (χ0n) is 15.2. The molecule has 1 N–H and O–H groups in total. The van der Waals surface area contributed by atoms with Gasteiger partial charge in [-0.25, -0.2) is 0 Å². The second kappa shape index (κ2) is 8.55. The number of anilines is 1. The summed E-state index contributed by atoms with van der Waals surface area (Å²) in [4.78, 5) is 0. The minimum atomic E-state index is 0.476. The first kappa shape index (κ1) is 18.7. The van der Waals surface area contributed by atoms with Crippen molar-refractivity contribution in [3.05, 3.63) is 106 Å². The predicted molar refractivity (Wildman–Crippen MR) is 119 cm³/mol. The van der Waals surface area contributed by atoms with Crippen molar-refractivity contribution in [2.75, 3.05) is 5.32 Å². The Balaban J connectivity index is 1.42. The van der Waals surface area contributed by atoms with Crippen molar-refractivity contribution < 1.29 is 4.74 Å². The average Bonchev–Trinajstić information content (AvgIpc) is 2.73. The van der Waals surface area contributed by atoms with Gasteiger partial charge in [-0.1, -0.05) is 71.7 Å². The Hall–Kier alpha value is -2.68. The standard InChI is InChI=1S/C24H19Cl2NO/c25-20-9-11-21(12-10-20)27-15-17-8-13-24(23(26)14-17)28-16-19-6-3-5-18-4-1-2-7-22(18)19/h1-14,27H,15-16H2. The van der Waals surface area contributed by atoms with Gasteiger partial charge in [0.15, 0.2) is 0 Å². The van der Waals surface area contributed by atoms with Gasteiger partial charge in [-0.05, 0) is 58.3 Å². The largest absolute Gasteiger partial charge is 0.487 e. The summed E-state index contributed by atoms with van der Waals surface area (Å²) < 4.78 is 5.99. The van der Waals surface area contributed by atoms with E-state index in [9.17, 15) is 0 Å². The highest BCUT2D eigenvalue weighted by Crippen LogP contribution is 2.28. The lowest BCUT2D eigenvalue weighted by atomic mass is 10.1. The van der Waals surface area contributed by atoms with Gasteiger partial charge in [-0.15, -0.1) is 0 Å². The van der Waals surface area contributed by atoms with E-state index in [0.29, 0.717) is 23.9 Å². The number of benzene rings is 4. The van der Waals surface area contributed by atoms with E-state index in [1.165, 1.54) is 10.8 Å². The van der Waals surface area contributed by atoms with E-state index in [2.05, 4.69) is 29.6 Å². The van der Waals surface area contributed by atoms with Crippen LogP contribution in [0.15, 0.2) is 84.9 Å². The predicted octanol–water partition coefficient (Wildman–Crippen LogP) is 7.34. The highest BCUT2D eigenvalue weighted by molar-refractivity contribution is 6.32. The Labute approximate surface area is 174 Å². The van der Waals surface area contributed by atoms with Crippen LogP contribution < -0.4 is 10.1 Å². The number of halogens is 2. The van der Waals surface area contributed by atoms with Crippen LogP contribution >= 0.6 is 23.2 Å². The van der Waals surface area contributed by atoms with Crippen molar-refractivity contribution in [2.45, 2.75) is 13.2 Å². The van der Waals surface area contributed by atoms with Gasteiger partial charge in [-0.2, -0.15) is 0 Å². The zero-order chi connectivity index (χ0) is 19.3. The fraction of sp³-hybridized carbons (Fsp3) is 0.0833. The van der Waals surface area contributed by atoms with Gasteiger partial charge < -0.3 is 10.1 Å². The lowest BCUT2D eigenvalue weighted by Crippen LogP contribution is -2.00. The molecule has 0 bridgehead atoms. The van der Waals surface area contributed by atoms with Crippen LogP contribution in [0, 0.1) is 0 Å². The molecule has 28 heavy (non-hydrogen) atoms. The van der Waals surface area contributed by atoms with Crippen LogP contribution in [0.4, 0.5) is 5.69 Å². The summed E-state index contributed by atoms with van der Waals surface area (Å²) in [7, 11) is 0. The van der Waals surface area contributed by atoms with Gasteiger partial charge in [-0.3, -0.25) is 0 Å². The number of hydrogen-bond acceptors (Lipinski definition) is 2. The molecule has 0 fully saturated rings. The van der Waals surface area contributed by atoms with Crippen molar-refractivity contribution in [1.82, 2.24) is 0 Å². The average molecular weight is 408 g/mol. The van der Waals surface area contributed by atoms with E-state index in [-0.39, 0.29) is 0 Å². The van der Waals surface area contributed by atoms with Crippen LogP contribution in [-0.4, -0.2) is 0 Å². The number of ether oxygens (including phenoxy) is 1. The SMILES string of the molecule is Clc1ccc(NCc2ccc(OCc3cccc4ccccc34)c(Cl)c2)cc1. The Morgan fingerprint density at radius 3 is 2.39 bits per heavy atom. The first-order valence-electron chi connectivity index (χ1n) is 9.06. The summed E-state index contributed by atoms with van der Waals surface area (Å²) in [6.45, 7) is 1.15. The Bertz CT molecular complexity index is 1090. The molecule has 0 radical (unpaired) electrons. The van der Waals surface area contributed by atoms with Gasteiger partial charge in [0.2, 0.25) is 0 Å². The third-order valence-corrected chi connectivity index (χ3v) is 5.15. The second-order valence-corrected chi connectivity index (χ2v) is 7.40. The molecule has 0 heterocycles. The van der Waals surface area contributed by atoms with Crippen molar-refractivity contribution in [2.24, 2.45) is 0 Å². The maximum atomic E-state index is 6.45. The molecule has 0 amide bonds. The van der Waals surface area contributed by atoms with Crippen LogP contribution in [0.1, 0.15) is 11.1 Å². The zero-order valence-corrected chi connectivity index (χ0v) is 16.7. The molecule has 0 aliphatic heterocycles. The monoisotopic (exact) mass is 407 g/mol. The van der Waals surface area contributed by atoms with Gasteiger partial charge in [0.1, 0.15) is 12.4 Å². The minimum absolute atomic E-state index is 0.476. The summed E-state index contributed by atoms with van der Waals surface area (Å²) in [6.07, 6.45) is 0. The van der Waals surface area contributed by atoms with Crippen LogP contribution in [0.2, 0.25) is 10.0 Å². The fourth-order valence-corrected chi connectivity index (χ4v) is 3.50. The van der Waals surface area contributed by atoms with Gasteiger partial charge in [0.25, 0.3) is 0 Å². The molecule has 4 heteroatoms. The number of nitrogens with one attached hydrogen (secondary N) is 1. The summed E-state index contributed by atoms with van der Waals surface area (Å²) in [5.74, 6) is 0.685. The summed E-state index contributed by atoms with van der Waals surface area (Å²) >= 11 is 12.4. The lowest BCUT2D eigenvalue weighted by Gasteiger charge is -2.12. The van der Waals surface area contributed by atoms with E-state index < -0.39 is 0 Å². The lowest BCUT2D eigenvalue weighted by molar-refractivity contribution is 0.308. The molecule has 140 valence electrons. The Morgan fingerprint density at radius 2 is 1.57 bits per heavy atom. The molecule has 0 saturated heterocycles. The minimum Gasteiger partial charge on any atom is -0.487 e. The molecular weight excluding hydrogens is 389 g/mol. The van der Waals surface area contributed by atoms with E-state index in [1.54, 1.807) is 0 Å². The van der Waals surface area contributed by atoms with E-state index in [1.807, 2.05) is 60.7 Å². The number of fused-ring (bicyclic) bond motifs is 1. The summed E-state index contributed by atoms with van der Waals surface area (Å²) in [6, 6.07) is 28.0. The van der Waals surface area contributed by atoms with Crippen LogP contribution in [0.3, 0.4) is 0 Å². The number of rotatable bonds is 6. The molecule has 0 saturated carbocycles. The van der Waals surface area contributed by atoms with Crippen LogP contribution in [-0.2, 0) is 13.2 Å². The third-order valence-electron chi connectivity index (χ3n) is 4.60. The molecule has 0 aliphatic carbocycles. The Morgan fingerprint density at radius 1 is 0.786 bits per heavy atom. The second-order valence-electron chi connectivity index (χ2n) is 6.55. The maximum Gasteiger partial charge on any atom is 0.138 e. The third kappa shape index (κ3) is 4.41. The molecule has 0 atom stereocenters. The highest BCUT2D eigenvalue weighted by atomic mass is 35.5. The van der Waals surface area contributed by atoms with Crippen molar-refractivity contribution in [1.29, 1.82) is 0 Å². The van der Waals surface area contributed by atoms with Gasteiger partial charge in [0, 0.05) is 17.3 Å². The molecule has 0 spiro atoms. The van der Waals surface area contributed by atoms with E-state index in [4.69, 9.17) is 27.9 Å². The molecule has 0 aliphatic rings. The molecule has 4 aromatic rings. The summed E-state index contributed by atoms with van der Waals surface area (Å²) in [5, 5.41) is 7.09. The fourth-order valence-electron chi connectivity index (χ4n) is 3.12. The van der Waals surface area contributed by atoms with Crippen LogP contribution in [0.25, 0.3) is 10.8 Å². The number of hydrogen-bond donors (Lipinski definition) is 1. The van der Waals surface area contributed by atoms with Gasteiger partial charge in [0.05, 0.1) is 5.02 Å². The summed E-state index contributed by atoms with van der Waals surface area (Å²) in [5.41, 5.74) is 3.23. The normalized spacial score (nSPS) is 10.8. The van der Waals surface area contributed by atoms with Crippen molar-refractivity contribution in [3.8, 4) is 5.75 Å². The first-order chi connectivity index (χ1) is 13.7. The Kier molecular flexibility index (Phi) is 5.70. The van der Waals surface area contributed by atoms with E-state index in [0.717, 1.165) is 21.8 Å². The molecule has 0 aromatic heterocycles. The molecule has 4 rings (SSSR count). The van der Waals surface area contributed by atoms with E-state index >= 15 is 0 Å². The van der Waals surface area contributed by atoms with Crippen LogP contribution in [0.5, 0.6) is 5.75 Å². The molecule has 0 unspecified atom stereocenters. The maximum absolute atomic E-state index is 6.45. The quantitative estimate of drug-likeness (QED) is 0.360. The van der Waals surface area contributed by atoms with Gasteiger partial charge >= 0.3 is 0 Å². The molecule has 2 nitrogen and oxygen atoms in total. The topological polar surface area (TPSA) is 21.3 Å².